The molecular weight excluding hydrogens is 340 g/mol. The number of benzene rings is 2. The summed E-state index contributed by atoms with van der Waals surface area (Å²) < 4.78 is 27.0. The molecule has 0 atom stereocenters. The number of rotatable bonds is 7. The smallest absolute Gasteiger partial charge is 0.215 e. The third-order valence-corrected chi connectivity index (χ3v) is 5.81. The van der Waals surface area contributed by atoms with Crippen molar-refractivity contribution in [2.45, 2.75) is 12.2 Å². The van der Waals surface area contributed by atoms with Crippen molar-refractivity contribution in [1.29, 1.82) is 0 Å². The monoisotopic (exact) mass is 358 g/mol. The zero-order valence-corrected chi connectivity index (χ0v) is 14.7. The molecule has 0 spiro atoms. The van der Waals surface area contributed by atoms with Gasteiger partial charge in [-0.2, -0.15) is 0 Å². The lowest BCUT2D eigenvalue weighted by atomic mass is 10.1. The fourth-order valence-electron chi connectivity index (χ4n) is 2.44. The van der Waals surface area contributed by atoms with Crippen LogP contribution in [0.25, 0.3) is 11.3 Å². The maximum atomic E-state index is 12.2. The lowest BCUT2D eigenvalue weighted by Crippen LogP contribution is -2.27. The molecule has 0 aliphatic heterocycles. The van der Waals surface area contributed by atoms with E-state index < -0.39 is 10.0 Å². The van der Waals surface area contributed by atoms with Crippen LogP contribution < -0.4 is 4.72 Å². The van der Waals surface area contributed by atoms with Crippen molar-refractivity contribution in [3.63, 3.8) is 0 Å². The van der Waals surface area contributed by atoms with Gasteiger partial charge < -0.3 is 0 Å². The van der Waals surface area contributed by atoms with Crippen LogP contribution in [0.3, 0.4) is 0 Å². The van der Waals surface area contributed by atoms with Gasteiger partial charge in [0.05, 0.1) is 17.0 Å². The number of nitrogens with zero attached hydrogens (tertiary/aromatic N) is 1. The Kier molecular flexibility index (Phi) is 5.40. The number of thiazole rings is 1. The fourth-order valence-corrected chi connectivity index (χ4v) is 4.38. The molecule has 2 aromatic carbocycles. The van der Waals surface area contributed by atoms with Crippen LogP contribution in [0.1, 0.15) is 10.4 Å². The predicted octanol–water partition coefficient (Wildman–Crippen LogP) is 3.47. The average molecular weight is 358 g/mol. The normalized spacial score (nSPS) is 11.5. The van der Waals surface area contributed by atoms with Crippen molar-refractivity contribution in [3.05, 3.63) is 76.6 Å². The van der Waals surface area contributed by atoms with Crippen LogP contribution in [-0.4, -0.2) is 19.9 Å². The first-order chi connectivity index (χ1) is 11.6. The van der Waals surface area contributed by atoms with E-state index >= 15 is 0 Å². The third-order valence-electron chi connectivity index (χ3n) is 3.56. The molecule has 1 heterocycles. The summed E-state index contributed by atoms with van der Waals surface area (Å²) in [6.45, 7) is 0.372. The highest BCUT2D eigenvalue weighted by Crippen LogP contribution is 2.25. The molecule has 0 saturated carbocycles. The lowest BCUT2D eigenvalue weighted by Gasteiger charge is -2.07. The Hall–Kier alpha value is -2.02. The first-order valence-electron chi connectivity index (χ1n) is 7.63. The van der Waals surface area contributed by atoms with E-state index in [2.05, 4.69) is 9.71 Å². The molecule has 0 bridgehead atoms. The summed E-state index contributed by atoms with van der Waals surface area (Å²) in [7, 11) is -3.33. The number of nitrogens with one attached hydrogen (secondary N) is 1. The van der Waals surface area contributed by atoms with Crippen LogP contribution in [0.15, 0.2) is 66.2 Å². The highest BCUT2D eigenvalue weighted by atomic mass is 32.2. The summed E-state index contributed by atoms with van der Waals surface area (Å²) in [6, 6.07) is 19.1. The molecular formula is C18H18N2O2S2. The Morgan fingerprint density at radius 3 is 2.33 bits per heavy atom. The summed E-state index contributed by atoms with van der Waals surface area (Å²) >= 11 is 1.55. The maximum Gasteiger partial charge on any atom is 0.215 e. The third kappa shape index (κ3) is 4.50. The molecule has 0 aliphatic carbocycles. The molecule has 0 amide bonds. The highest BCUT2D eigenvalue weighted by Gasteiger charge is 2.13. The molecule has 0 aliphatic rings. The molecule has 1 aromatic heterocycles. The van der Waals surface area contributed by atoms with Gasteiger partial charge in [0.2, 0.25) is 10.0 Å². The van der Waals surface area contributed by atoms with Crippen LogP contribution in [-0.2, 0) is 22.2 Å². The standard InChI is InChI=1S/C18H18N2O2S2/c21-24(22,13-15-7-3-1-4-8-15)20-12-11-17-18(19-14-23-17)16-9-5-2-6-10-16/h1-10,14,20H,11-13H2. The molecule has 3 rings (SSSR count). The zero-order chi connectivity index (χ0) is 16.8. The van der Waals surface area contributed by atoms with Crippen molar-refractivity contribution < 1.29 is 8.42 Å². The van der Waals surface area contributed by atoms with Crippen LogP contribution in [0, 0.1) is 0 Å². The Morgan fingerprint density at radius 1 is 0.958 bits per heavy atom. The predicted molar refractivity (Wildman–Crippen MR) is 98.3 cm³/mol. The Morgan fingerprint density at radius 2 is 1.62 bits per heavy atom. The van der Waals surface area contributed by atoms with E-state index in [1.165, 1.54) is 0 Å². The summed E-state index contributed by atoms with van der Waals surface area (Å²) in [6.07, 6.45) is 0.628. The minimum absolute atomic E-state index is 0.00206. The quantitative estimate of drug-likeness (QED) is 0.703. The second-order valence-corrected chi connectivity index (χ2v) is 8.13. The van der Waals surface area contributed by atoms with Gasteiger partial charge in [-0.1, -0.05) is 60.7 Å². The SMILES string of the molecule is O=S(=O)(Cc1ccccc1)NCCc1scnc1-c1ccccc1. The minimum Gasteiger partial charge on any atom is -0.244 e. The van der Waals surface area contributed by atoms with Crippen molar-refractivity contribution >= 4 is 21.4 Å². The largest absolute Gasteiger partial charge is 0.244 e. The van der Waals surface area contributed by atoms with E-state index in [0.717, 1.165) is 21.7 Å². The molecule has 6 heteroatoms. The first-order valence-corrected chi connectivity index (χ1v) is 10.2. The second kappa shape index (κ2) is 7.70. The van der Waals surface area contributed by atoms with Crippen LogP contribution in [0.4, 0.5) is 0 Å². The number of hydrogen-bond donors (Lipinski definition) is 1. The van der Waals surface area contributed by atoms with Gasteiger partial charge in [0.25, 0.3) is 0 Å². The van der Waals surface area contributed by atoms with Crippen LogP contribution in [0.5, 0.6) is 0 Å². The molecule has 4 nitrogen and oxygen atoms in total. The summed E-state index contributed by atoms with van der Waals surface area (Å²) in [5.74, 6) is 0.00206. The summed E-state index contributed by atoms with van der Waals surface area (Å²) in [5, 5.41) is 0. The molecule has 0 radical (unpaired) electrons. The zero-order valence-electron chi connectivity index (χ0n) is 13.1. The van der Waals surface area contributed by atoms with E-state index in [9.17, 15) is 8.42 Å². The molecule has 24 heavy (non-hydrogen) atoms. The van der Waals surface area contributed by atoms with Gasteiger partial charge in [0, 0.05) is 17.0 Å². The molecule has 0 fully saturated rings. The number of aromatic nitrogens is 1. The van der Waals surface area contributed by atoms with Crippen molar-refractivity contribution in [3.8, 4) is 11.3 Å². The van der Waals surface area contributed by atoms with Gasteiger partial charge in [-0.15, -0.1) is 11.3 Å². The summed E-state index contributed by atoms with van der Waals surface area (Å²) in [4.78, 5) is 5.50. The molecule has 124 valence electrons. The highest BCUT2D eigenvalue weighted by molar-refractivity contribution is 7.88. The van der Waals surface area contributed by atoms with Gasteiger partial charge in [0.15, 0.2) is 0 Å². The lowest BCUT2D eigenvalue weighted by molar-refractivity contribution is 0.581. The van der Waals surface area contributed by atoms with Crippen LogP contribution >= 0.6 is 11.3 Å². The summed E-state index contributed by atoms with van der Waals surface area (Å²) in [5.41, 5.74) is 4.58. The van der Waals surface area contributed by atoms with Crippen molar-refractivity contribution in [2.75, 3.05) is 6.54 Å². The van der Waals surface area contributed by atoms with Gasteiger partial charge in [0.1, 0.15) is 0 Å². The van der Waals surface area contributed by atoms with E-state index in [-0.39, 0.29) is 5.75 Å². The van der Waals surface area contributed by atoms with Crippen molar-refractivity contribution in [2.24, 2.45) is 0 Å². The topological polar surface area (TPSA) is 59.1 Å². The average Bonchev–Trinajstić information content (AvgIpc) is 3.04. The first kappa shape index (κ1) is 16.8. The number of hydrogen-bond acceptors (Lipinski definition) is 4. The van der Waals surface area contributed by atoms with E-state index in [1.54, 1.807) is 16.8 Å². The Balaban J connectivity index is 1.60. The van der Waals surface area contributed by atoms with E-state index in [1.807, 2.05) is 60.7 Å². The number of sulfonamides is 1. The molecule has 3 aromatic rings. The van der Waals surface area contributed by atoms with Gasteiger partial charge in [-0.05, 0) is 12.0 Å². The van der Waals surface area contributed by atoms with E-state index in [0.29, 0.717) is 13.0 Å². The minimum atomic E-state index is -3.33. The Labute approximate surface area is 146 Å². The Bertz CT molecular complexity index is 876. The van der Waals surface area contributed by atoms with Crippen LogP contribution in [0.2, 0.25) is 0 Å². The van der Waals surface area contributed by atoms with Gasteiger partial charge in [-0.25, -0.2) is 18.1 Å². The maximum absolute atomic E-state index is 12.2. The van der Waals surface area contributed by atoms with Gasteiger partial charge in [-0.3, -0.25) is 0 Å². The fraction of sp³-hybridized carbons (Fsp3) is 0.167. The second-order valence-electron chi connectivity index (χ2n) is 5.38. The van der Waals surface area contributed by atoms with E-state index in [4.69, 9.17) is 0 Å². The van der Waals surface area contributed by atoms with Gasteiger partial charge >= 0.3 is 0 Å². The molecule has 0 unspecified atom stereocenters. The molecule has 0 saturated heterocycles. The van der Waals surface area contributed by atoms with Crippen molar-refractivity contribution in [1.82, 2.24) is 9.71 Å². The molecule has 1 N–H and O–H groups in total.